The van der Waals surface area contributed by atoms with Crippen molar-refractivity contribution in [3.63, 3.8) is 0 Å². The predicted octanol–water partition coefficient (Wildman–Crippen LogP) is 3.56. The van der Waals surface area contributed by atoms with Gasteiger partial charge in [0.2, 0.25) is 6.79 Å². The predicted molar refractivity (Wildman–Crippen MR) is 107 cm³/mol. The molecule has 0 spiro atoms. The largest absolute Gasteiger partial charge is 0.491 e. The SMILES string of the molecule is O=C(c1ccc2c(c1)OCO2)N1CCN(CCOc2cc(Cl)ccc2Cl)CC1. The number of ether oxygens (including phenoxy) is 3. The molecule has 8 heteroatoms. The van der Waals surface area contributed by atoms with E-state index < -0.39 is 0 Å². The van der Waals surface area contributed by atoms with E-state index in [0.717, 1.165) is 19.6 Å². The molecule has 0 aliphatic carbocycles. The van der Waals surface area contributed by atoms with Gasteiger partial charge in [0.15, 0.2) is 11.5 Å². The minimum atomic E-state index is 0.0138. The second kappa shape index (κ2) is 8.47. The van der Waals surface area contributed by atoms with Crippen LogP contribution in [0.25, 0.3) is 0 Å². The quantitative estimate of drug-likeness (QED) is 0.736. The molecule has 0 bridgehead atoms. The van der Waals surface area contributed by atoms with Gasteiger partial charge in [-0.2, -0.15) is 0 Å². The van der Waals surface area contributed by atoms with Gasteiger partial charge in [-0.1, -0.05) is 23.2 Å². The van der Waals surface area contributed by atoms with E-state index in [2.05, 4.69) is 4.90 Å². The molecular formula is C20H20Cl2N2O4. The maximum Gasteiger partial charge on any atom is 0.254 e. The summed E-state index contributed by atoms with van der Waals surface area (Å²) in [6.45, 7) is 4.40. The summed E-state index contributed by atoms with van der Waals surface area (Å²) in [5.74, 6) is 1.91. The molecule has 0 atom stereocenters. The van der Waals surface area contributed by atoms with Gasteiger partial charge in [-0.05, 0) is 30.3 Å². The molecule has 2 heterocycles. The van der Waals surface area contributed by atoms with Crippen LogP contribution >= 0.6 is 23.2 Å². The van der Waals surface area contributed by atoms with Gasteiger partial charge in [-0.3, -0.25) is 9.69 Å². The minimum absolute atomic E-state index is 0.0138. The number of halogens is 2. The number of rotatable bonds is 5. The highest BCUT2D eigenvalue weighted by atomic mass is 35.5. The Hall–Kier alpha value is -2.15. The fraction of sp³-hybridized carbons (Fsp3) is 0.350. The van der Waals surface area contributed by atoms with Crippen LogP contribution in [0.15, 0.2) is 36.4 Å². The monoisotopic (exact) mass is 422 g/mol. The van der Waals surface area contributed by atoms with E-state index in [4.69, 9.17) is 37.4 Å². The van der Waals surface area contributed by atoms with Gasteiger partial charge in [0.05, 0.1) is 5.02 Å². The molecule has 0 saturated carbocycles. The van der Waals surface area contributed by atoms with E-state index >= 15 is 0 Å². The average molecular weight is 423 g/mol. The molecule has 0 unspecified atom stereocenters. The molecule has 0 N–H and O–H groups in total. The highest BCUT2D eigenvalue weighted by Crippen LogP contribution is 2.33. The van der Waals surface area contributed by atoms with E-state index in [1.54, 1.807) is 36.4 Å². The highest BCUT2D eigenvalue weighted by molar-refractivity contribution is 6.34. The van der Waals surface area contributed by atoms with Crippen molar-refractivity contribution in [3.05, 3.63) is 52.0 Å². The average Bonchev–Trinajstić information content (AvgIpc) is 3.18. The molecule has 4 rings (SSSR count). The van der Waals surface area contributed by atoms with Crippen LogP contribution in [-0.2, 0) is 0 Å². The molecule has 2 aliphatic rings. The Morgan fingerprint density at radius 2 is 1.79 bits per heavy atom. The first-order valence-electron chi connectivity index (χ1n) is 9.09. The van der Waals surface area contributed by atoms with Gasteiger partial charge < -0.3 is 19.1 Å². The van der Waals surface area contributed by atoms with Crippen LogP contribution in [0.2, 0.25) is 10.0 Å². The van der Waals surface area contributed by atoms with E-state index in [0.29, 0.717) is 52.6 Å². The molecule has 148 valence electrons. The Labute approximate surface area is 173 Å². The Morgan fingerprint density at radius 1 is 1.00 bits per heavy atom. The third kappa shape index (κ3) is 4.29. The standard InChI is InChI=1S/C20H20Cl2N2O4/c21-15-2-3-16(22)18(12-15)26-10-9-23-5-7-24(8-6-23)20(25)14-1-4-17-19(11-14)28-13-27-17/h1-4,11-12H,5-10,13H2. The fourth-order valence-electron chi connectivity index (χ4n) is 3.26. The molecular weight excluding hydrogens is 403 g/mol. The van der Waals surface area contributed by atoms with E-state index in [-0.39, 0.29) is 12.7 Å². The molecule has 1 fully saturated rings. The van der Waals surface area contributed by atoms with Crippen molar-refractivity contribution in [3.8, 4) is 17.2 Å². The third-order valence-corrected chi connectivity index (χ3v) is 5.38. The summed E-state index contributed by atoms with van der Waals surface area (Å²) in [7, 11) is 0. The van der Waals surface area contributed by atoms with Crippen LogP contribution in [-0.4, -0.2) is 61.8 Å². The molecule has 0 aromatic heterocycles. The zero-order valence-corrected chi connectivity index (χ0v) is 16.7. The molecule has 1 saturated heterocycles. The maximum absolute atomic E-state index is 12.7. The summed E-state index contributed by atoms with van der Waals surface area (Å²) in [5, 5.41) is 1.14. The lowest BCUT2D eigenvalue weighted by atomic mass is 10.1. The van der Waals surface area contributed by atoms with Crippen LogP contribution in [0.5, 0.6) is 17.2 Å². The smallest absolute Gasteiger partial charge is 0.254 e. The van der Waals surface area contributed by atoms with Crippen LogP contribution in [0.1, 0.15) is 10.4 Å². The number of piperazine rings is 1. The first kappa shape index (κ1) is 19.2. The van der Waals surface area contributed by atoms with Gasteiger partial charge in [0.25, 0.3) is 5.91 Å². The number of amides is 1. The van der Waals surface area contributed by atoms with Gasteiger partial charge in [0.1, 0.15) is 12.4 Å². The van der Waals surface area contributed by atoms with Gasteiger partial charge in [-0.25, -0.2) is 0 Å². The summed E-state index contributed by atoms with van der Waals surface area (Å²) < 4.78 is 16.4. The van der Waals surface area contributed by atoms with E-state index in [1.165, 1.54) is 0 Å². The molecule has 1 amide bonds. The second-order valence-corrected chi connectivity index (χ2v) is 7.47. The first-order chi connectivity index (χ1) is 13.6. The third-order valence-electron chi connectivity index (χ3n) is 4.84. The second-order valence-electron chi connectivity index (χ2n) is 6.63. The Kier molecular flexibility index (Phi) is 5.80. The summed E-state index contributed by atoms with van der Waals surface area (Å²) in [5.41, 5.74) is 0.622. The lowest BCUT2D eigenvalue weighted by Gasteiger charge is -2.34. The van der Waals surface area contributed by atoms with Crippen molar-refractivity contribution >= 4 is 29.1 Å². The van der Waals surface area contributed by atoms with E-state index in [1.807, 2.05) is 4.90 Å². The number of fused-ring (bicyclic) bond motifs is 1. The number of nitrogens with zero attached hydrogens (tertiary/aromatic N) is 2. The minimum Gasteiger partial charge on any atom is -0.491 e. The molecule has 2 aliphatic heterocycles. The van der Waals surface area contributed by atoms with Gasteiger partial charge in [0, 0.05) is 49.4 Å². The summed E-state index contributed by atoms with van der Waals surface area (Å²) >= 11 is 12.1. The number of benzene rings is 2. The molecule has 2 aromatic rings. The number of carbonyl (C=O) groups excluding carboxylic acids is 1. The summed E-state index contributed by atoms with van der Waals surface area (Å²) in [4.78, 5) is 16.9. The lowest BCUT2D eigenvalue weighted by Crippen LogP contribution is -2.49. The van der Waals surface area contributed by atoms with Crippen LogP contribution in [0.3, 0.4) is 0 Å². The van der Waals surface area contributed by atoms with Crippen molar-refractivity contribution in [2.24, 2.45) is 0 Å². The number of hydrogen-bond acceptors (Lipinski definition) is 5. The number of hydrogen-bond donors (Lipinski definition) is 0. The number of carbonyl (C=O) groups is 1. The van der Waals surface area contributed by atoms with Gasteiger partial charge in [-0.15, -0.1) is 0 Å². The van der Waals surface area contributed by atoms with Gasteiger partial charge >= 0.3 is 0 Å². The van der Waals surface area contributed by atoms with Crippen LogP contribution in [0.4, 0.5) is 0 Å². The van der Waals surface area contributed by atoms with Crippen LogP contribution < -0.4 is 14.2 Å². The molecule has 6 nitrogen and oxygen atoms in total. The Balaban J connectivity index is 1.25. The lowest BCUT2D eigenvalue weighted by molar-refractivity contribution is 0.0620. The molecule has 2 aromatic carbocycles. The van der Waals surface area contributed by atoms with E-state index in [9.17, 15) is 4.79 Å². The maximum atomic E-state index is 12.7. The molecule has 28 heavy (non-hydrogen) atoms. The van der Waals surface area contributed by atoms with Crippen molar-refractivity contribution in [2.45, 2.75) is 0 Å². The zero-order valence-electron chi connectivity index (χ0n) is 15.2. The van der Waals surface area contributed by atoms with Crippen molar-refractivity contribution in [1.29, 1.82) is 0 Å². The summed E-state index contributed by atoms with van der Waals surface area (Å²) in [6, 6.07) is 10.5. The zero-order chi connectivity index (χ0) is 19.5. The topological polar surface area (TPSA) is 51.2 Å². The first-order valence-corrected chi connectivity index (χ1v) is 9.85. The van der Waals surface area contributed by atoms with Crippen LogP contribution in [0, 0.1) is 0 Å². The van der Waals surface area contributed by atoms with Crippen molar-refractivity contribution < 1.29 is 19.0 Å². The summed E-state index contributed by atoms with van der Waals surface area (Å²) in [6.07, 6.45) is 0. The highest BCUT2D eigenvalue weighted by Gasteiger charge is 2.24. The normalized spacial score (nSPS) is 16.3. The Bertz CT molecular complexity index is 869. The molecule has 0 radical (unpaired) electrons. The Morgan fingerprint density at radius 3 is 2.61 bits per heavy atom. The van der Waals surface area contributed by atoms with Crippen molar-refractivity contribution in [1.82, 2.24) is 9.80 Å². The van der Waals surface area contributed by atoms with Crippen molar-refractivity contribution in [2.75, 3.05) is 46.1 Å². The fourth-order valence-corrected chi connectivity index (χ4v) is 3.59.